The summed E-state index contributed by atoms with van der Waals surface area (Å²) in [6.07, 6.45) is 0. The van der Waals surface area contributed by atoms with Crippen molar-refractivity contribution in [2.75, 3.05) is 4.90 Å². The summed E-state index contributed by atoms with van der Waals surface area (Å²) in [5, 5.41) is 13.0. The number of thiophene rings is 1. The van der Waals surface area contributed by atoms with Gasteiger partial charge in [0.05, 0.1) is 5.57 Å². The predicted octanol–water partition coefficient (Wildman–Crippen LogP) is 5.44. The molecule has 1 aliphatic rings. The second-order valence-corrected chi connectivity index (χ2v) is 8.39. The van der Waals surface area contributed by atoms with E-state index in [1.54, 1.807) is 13.0 Å². The molecule has 4 rings (SSSR count). The van der Waals surface area contributed by atoms with Gasteiger partial charge in [0.25, 0.3) is 11.7 Å². The molecule has 152 valence electrons. The molecule has 2 aromatic carbocycles. The highest BCUT2D eigenvalue weighted by molar-refractivity contribution is 7.10. The average molecular weight is 421 g/mol. The number of carbonyl (C=O) groups excluding carboxylic acids is 2. The van der Waals surface area contributed by atoms with E-state index in [2.05, 4.69) is 0 Å². The van der Waals surface area contributed by atoms with Crippen molar-refractivity contribution in [3.63, 3.8) is 0 Å². The highest BCUT2D eigenvalue weighted by Gasteiger charge is 2.47. The molecule has 30 heavy (non-hydrogen) atoms. The first-order chi connectivity index (χ1) is 14.3. The van der Waals surface area contributed by atoms with Crippen LogP contribution in [-0.2, 0) is 9.59 Å². The van der Waals surface area contributed by atoms with Crippen molar-refractivity contribution >= 4 is 34.5 Å². The van der Waals surface area contributed by atoms with Crippen molar-refractivity contribution in [3.05, 3.63) is 92.4 Å². The first kappa shape index (κ1) is 20.0. The number of Topliss-reactive ketones (excluding diaryl/α,β-unsaturated/α-hetero) is 1. The van der Waals surface area contributed by atoms with Gasteiger partial charge in [-0.2, -0.15) is 0 Å². The molecule has 1 amide bonds. The predicted molar refractivity (Wildman–Crippen MR) is 116 cm³/mol. The molecule has 1 aliphatic heterocycles. The van der Waals surface area contributed by atoms with Crippen LogP contribution in [0.1, 0.15) is 33.2 Å². The van der Waals surface area contributed by atoms with E-state index in [0.717, 1.165) is 16.0 Å². The first-order valence-corrected chi connectivity index (χ1v) is 10.4. The Morgan fingerprint density at radius 2 is 1.80 bits per heavy atom. The number of rotatable bonds is 3. The number of aryl methyl sites for hydroxylation is 3. The van der Waals surface area contributed by atoms with E-state index in [1.807, 2.05) is 43.5 Å². The van der Waals surface area contributed by atoms with Gasteiger partial charge in [-0.25, -0.2) is 4.39 Å². The molecule has 3 aromatic rings. The number of amides is 1. The Kier molecular flexibility index (Phi) is 5.03. The Bertz CT molecular complexity index is 1210. The van der Waals surface area contributed by atoms with Gasteiger partial charge >= 0.3 is 0 Å². The zero-order chi connectivity index (χ0) is 21.6. The Morgan fingerprint density at radius 1 is 1.03 bits per heavy atom. The fourth-order valence-electron chi connectivity index (χ4n) is 3.74. The summed E-state index contributed by atoms with van der Waals surface area (Å²) in [5.74, 6) is -2.16. The van der Waals surface area contributed by atoms with E-state index in [9.17, 15) is 19.1 Å². The average Bonchev–Trinajstić information content (AvgIpc) is 3.24. The monoisotopic (exact) mass is 421 g/mol. The number of ketones is 1. The summed E-state index contributed by atoms with van der Waals surface area (Å²) in [5.41, 5.74) is 3.12. The molecule has 0 saturated carbocycles. The number of carbonyl (C=O) groups is 2. The van der Waals surface area contributed by atoms with Crippen molar-refractivity contribution in [3.8, 4) is 0 Å². The molecule has 6 heteroatoms. The third kappa shape index (κ3) is 3.23. The lowest BCUT2D eigenvalue weighted by Gasteiger charge is -2.25. The SMILES string of the molecule is Cc1cccc(N2C(=O)C(=O)/C(=C(\O)c3ccc(F)c(C)c3)C2c2sccc2C)c1. The van der Waals surface area contributed by atoms with Gasteiger partial charge in [0.1, 0.15) is 17.6 Å². The number of aliphatic hydroxyl groups is 1. The molecule has 0 spiro atoms. The molecule has 1 aromatic heterocycles. The van der Waals surface area contributed by atoms with E-state index >= 15 is 0 Å². The van der Waals surface area contributed by atoms with Gasteiger partial charge in [0.15, 0.2) is 0 Å². The fraction of sp³-hybridized carbons (Fsp3) is 0.167. The Labute approximate surface area is 177 Å². The van der Waals surface area contributed by atoms with Crippen LogP contribution >= 0.6 is 11.3 Å². The molecule has 1 saturated heterocycles. The number of hydrogen-bond donors (Lipinski definition) is 1. The van der Waals surface area contributed by atoms with E-state index in [0.29, 0.717) is 16.8 Å². The highest BCUT2D eigenvalue weighted by Crippen LogP contribution is 2.44. The number of benzene rings is 2. The lowest BCUT2D eigenvalue weighted by Crippen LogP contribution is -2.29. The molecule has 0 radical (unpaired) electrons. The lowest BCUT2D eigenvalue weighted by atomic mass is 9.97. The maximum Gasteiger partial charge on any atom is 0.300 e. The van der Waals surface area contributed by atoms with E-state index in [1.165, 1.54) is 34.4 Å². The van der Waals surface area contributed by atoms with E-state index in [-0.39, 0.29) is 11.3 Å². The standard InChI is InChI=1S/C24H20FNO3S/c1-13-5-4-6-17(11-13)26-20(23-14(2)9-10-30-23)19(22(28)24(26)29)21(27)16-7-8-18(25)15(3)12-16/h4-12,20,27H,1-3H3/b21-19-. The third-order valence-electron chi connectivity index (χ3n) is 5.31. The van der Waals surface area contributed by atoms with Crippen LogP contribution in [0.3, 0.4) is 0 Å². The zero-order valence-corrected chi connectivity index (χ0v) is 17.6. The Morgan fingerprint density at radius 3 is 2.43 bits per heavy atom. The molecular formula is C24H20FNO3S. The van der Waals surface area contributed by atoms with Gasteiger partial charge in [-0.3, -0.25) is 14.5 Å². The van der Waals surface area contributed by atoms with E-state index in [4.69, 9.17) is 0 Å². The molecule has 4 nitrogen and oxygen atoms in total. The molecule has 0 bridgehead atoms. The van der Waals surface area contributed by atoms with Gasteiger partial charge in [-0.05, 0) is 79.2 Å². The van der Waals surface area contributed by atoms with Crippen molar-refractivity contribution in [1.29, 1.82) is 0 Å². The summed E-state index contributed by atoms with van der Waals surface area (Å²) < 4.78 is 13.7. The lowest BCUT2D eigenvalue weighted by molar-refractivity contribution is -0.132. The zero-order valence-electron chi connectivity index (χ0n) is 16.8. The van der Waals surface area contributed by atoms with Gasteiger partial charge in [-0.1, -0.05) is 12.1 Å². The minimum atomic E-state index is -0.756. The minimum Gasteiger partial charge on any atom is -0.507 e. The quantitative estimate of drug-likeness (QED) is 0.348. The van der Waals surface area contributed by atoms with Crippen LogP contribution in [0.15, 0.2) is 59.5 Å². The molecule has 1 N–H and O–H groups in total. The van der Waals surface area contributed by atoms with Crippen LogP contribution in [0.5, 0.6) is 0 Å². The molecule has 0 aliphatic carbocycles. The molecule has 1 unspecified atom stereocenters. The second kappa shape index (κ2) is 7.54. The van der Waals surface area contributed by atoms with E-state index < -0.39 is 23.5 Å². The van der Waals surface area contributed by atoms with Crippen LogP contribution in [-0.4, -0.2) is 16.8 Å². The maximum atomic E-state index is 13.7. The molecule has 1 atom stereocenters. The van der Waals surface area contributed by atoms with Crippen LogP contribution in [0.2, 0.25) is 0 Å². The van der Waals surface area contributed by atoms with Crippen LogP contribution < -0.4 is 4.90 Å². The van der Waals surface area contributed by atoms with Crippen LogP contribution in [0, 0.1) is 26.6 Å². The second-order valence-electron chi connectivity index (χ2n) is 7.44. The van der Waals surface area contributed by atoms with Gasteiger partial charge in [0, 0.05) is 16.1 Å². The van der Waals surface area contributed by atoms with Gasteiger partial charge in [-0.15, -0.1) is 11.3 Å². The largest absolute Gasteiger partial charge is 0.507 e. The highest BCUT2D eigenvalue weighted by atomic mass is 32.1. The van der Waals surface area contributed by atoms with Crippen molar-refractivity contribution < 1.29 is 19.1 Å². The number of aliphatic hydroxyl groups excluding tert-OH is 1. The van der Waals surface area contributed by atoms with Crippen molar-refractivity contribution in [2.45, 2.75) is 26.8 Å². The van der Waals surface area contributed by atoms with Crippen LogP contribution in [0.25, 0.3) is 5.76 Å². The summed E-state index contributed by atoms with van der Waals surface area (Å²) in [6, 6.07) is 12.6. The fourth-order valence-corrected chi connectivity index (χ4v) is 4.76. The molecular weight excluding hydrogens is 401 g/mol. The summed E-state index contributed by atoms with van der Waals surface area (Å²) in [6.45, 7) is 5.40. The van der Waals surface area contributed by atoms with Crippen LogP contribution in [0.4, 0.5) is 10.1 Å². The summed E-state index contributed by atoms with van der Waals surface area (Å²) in [4.78, 5) is 28.4. The minimum absolute atomic E-state index is 0.0121. The normalized spacial score (nSPS) is 18.3. The Balaban J connectivity index is 1.97. The first-order valence-electron chi connectivity index (χ1n) is 9.47. The van der Waals surface area contributed by atoms with Gasteiger partial charge in [0.2, 0.25) is 0 Å². The molecule has 1 fully saturated rings. The Hall–Kier alpha value is -3.25. The maximum absolute atomic E-state index is 13.7. The van der Waals surface area contributed by atoms with Gasteiger partial charge < -0.3 is 5.11 Å². The topological polar surface area (TPSA) is 57.6 Å². The van der Waals surface area contributed by atoms with Crippen molar-refractivity contribution in [1.82, 2.24) is 0 Å². The number of halogens is 1. The van der Waals surface area contributed by atoms with Crippen molar-refractivity contribution in [2.24, 2.45) is 0 Å². The number of hydrogen-bond acceptors (Lipinski definition) is 4. The third-order valence-corrected chi connectivity index (χ3v) is 6.38. The summed E-state index contributed by atoms with van der Waals surface area (Å²) in [7, 11) is 0. The smallest absolute Gasteiger partial charge is 0.300 e. The number of nitrogens with zero attached hydrogens (tertiary/aromatic N) is 1. The number of anilines is 1. The molecule has 2 heterocycles. The summed E-state index contributed by atoms with van der Waals surface area (Å²) >= 11 is 1.42.